The molecule has 0 radical (unpaired) electrons. The molecular formula is C29H28N2O4S. The Labute approximate surface area is 216 Å². The summed E-state index contributed by atoms with van der Waals surface area (Å²) in [7, 11) is 1.64. The van der Waals surface area contributed by atoms with Gasteiger partial charge >= 0.3 is 0 Å². The van der Waals surface area contributed by atoms with Gasteiger partial charge in [0.15, 0.2) is 5.11 Å². The van der Waals surface area contributed by atoms with E-state index in [1.54, 1.807) is 13.2 Å². The van der Waals surface area contributed by atoms with Crippen LogP contribution in [0.1, 0.15) is 35.6 Å². The number of rotatable bonds is 8. The van der Waals surface area contributed by atoms with Crippen LogP contribution in [-0.4, -0.2) is 24.7 Å². The van der Waals surface area contributed by atoms with E-state index in [2.05, 4.69) is 17.4 Å². The summed E-state index contributed by atoms with van der Waals surface area (Å²) in [5.74, 6) is 1.95. The maximum atomic E-state index is 13.3. The van der Waals surface area contributed by atoms with Crippen LogP contribution in [-0.2, 0) is 24.2 Å². The molecule has 36 heavy (non-hydrogen) atoms. The molecule has 184 valence electrons. The number of fused-ring (bicyclic) bond motifs is 1. The topological polar surface area (TPSA) is 60.0 Å². The zero-order valence-electron chi connectivity index (χ0n) is 20.4. The summed E-state index contributed by atoms with van der Waals surface area (Å²) in [6, 6.07) is 19.4. The minimum atomic E-state index is -0.237. The minimum Gasteiger partial charge on any atom is -0.496 e. The zero-order chi connectivity index (χ0) is 25.1. The third-order valence-electron chi connectivity index (χ3n) is 6.36. The molecule has 0 unspecified atom stereocenters. The number of hydrogen-bond donors (Lipinski definition) is 1. The molecule has 0 atom stereocenters. The average molecular weight is 501 g/mol. The van der Waals surface area contributed by atoms with E-state index in [1.807, 2.05) is 55.5 Å². The van der Waals surface area contributed by atoms with Gasteiger partial charge in [-0.1, -0.05) is 24.3 Å². The third-order valence-corrected chi connectivity index (χ3v) is 6.65. The van der Waals surface area contributed by atoms with Crippen LogP contribution >= 0.6 is 12.2 Å². The quantitative estimate of drug-likeness (QED) is 0.329. The molecule has 1 heterocycles. The Kier molecular flexibility index (Phi) is 6.91. The maximum absolute atomic E-state index is 13.3. The van der Waals surface area contributed by atoms with Crippen LogP contribution in [0.3, 0.4) is 0 Å². The summed E-state index contributed by atoms with van der Waals surface area (Å²) in [6.45, 7) is 2.75. The van der Waals surface area contributed by atoms with Crippen molar-refractivity contribution in [3.05, 3.63) is 88.6 Å². The minimum absolute atomic E-state index is 0.237. The number of carbonyl (C=O) groups is 1. The van der Waals surface area contributed by atoms with Gasteiger partial charge in [0.1, 0.15) is 29.6 Å². The lowest BCUT2D eigenvalue weighted by Crippen LogP contribution is -2.30. The van der Waals surface area contributed by atoms with Crippen molar-refractivity contribution >= 4 is 35.0 Å². The predicted octanol–water partition coefficient (Wildman–Crippen LogP) is 5.42. The van der Waals surface area contributed by atoms with Crippen LogP contribution in [0.2, 0.25) is 0 Å². The molecule has 6 nitrogen and oxygen atoms in total. The molecule has 5 rings (SSSR count). The Morgan fingerprint density at radius 1 is 1.00 bits per heavy atom. The number of ether oxygens (including phenoxy) is 3. The first-order chi connectivity index (χ1) is 17.6. The van der Waals surface area contributed by atoms with Crippen molar-refractivity contribution in [1.82, 2.24) is 5.32 Å². The summed E-state index contributed by atoms with van der Waals surface area (Å²) in [5, 5.41) is 3.36. The molecule has 1 aliphatic carbocycles. The predicted molar refractivity (Wildman–Crippen MR) is 145 cm³/mol. The van der Waals surface area contributed by atoms with Gasteiger partial charge in [-0.25, -0.2) is 4.90 Å². The van der Waals surface area contributed by atoms with Crippen molar-refractivity contribution in [3.8, 4) is 17.2 Å². The van der Waals surface area contributed by atoms with Crippen molar-refractivity contribution in [3.63, 3.8) is 0 Å². The second-order valence-electron chi connectivity index (χ2n) is 8.67. The van der Waals surface area contributed by atoms with E-state index in [0.717, 1.165) is 35.5 Å². The normalized spacial score (nSPS) is 15.7. The highest BCUT2D eigenvalue weighted by molar-refractivity contribution is 7.80. The maximum Gasteiger partial charge on any atom is 0.281 e. The zero-order valence-corrected chi connectivity index (χ0v) is 21.2. The van der Waals surface area contributed by atoms with Crippen LogP contribution in [0.25, 0.3) is 6.08 Å². The van der Waals surface area contributed by atoms with Crippen molar-refractivity contribution in [2.75, 3.05) is 18.6 Å². The number of aryl methyl sites for hydroxylation is 2. The number of carbonyl (C=O) groups excluding carboxylic acids is 1. The Morgan fingerprint density at radius 3 is 2.67 bits per heavy atom. The molecular weight excluding hydrogens is 472 g/mol. The Balaban J connectivity index is 1.37. The van der Waals surface area contributed by atoms with Crippen molar-refractivity contribution in [2.24, 2.45) is 0 Å². The lowest BCUT2D eigenvalue weighted by Gasteiger charge is -2.18. The Hall–Kier alpha value is -3.84. The van der Waals surface area contributed by atoms with Gasteiger partial charge in [0, 0.05) is 5.56 Å². The van der Waals surface area contributed by atoms with E-state index < -0.39 is 0 Å². The number of methoxy groups -OCH3 is 1. The standard InChI is InChI=1S/C29H28N2O4S/c1-3-34-27-10-5-4-9-25(27)31-28(32)24(30-29(31)36)16-19-11-14-26(33-2)22(15-19)18-35-23-13-12-20-7-6-8-21(20)17-23/h4-5,9-17H,3,6-8,18H2,1-2H3,(H,30,36)/b24-16+. The van der Waals surface area contributed by atoms with E-state index in [0.29, 0.717) is 35.5 Å². The number of hydrogen-bond acceptors (Lipinski definition) is 5. The fraction of sp³-hybridized carbons (Fsp3) is 0.241. The van der Waals surface area contributed by atoms with Crippen LogP contribution in [0, 0.1) is 0 Å². The van der Waals surface area contributed by atoms with Gasteiger partial charge in [-0.05, 0) is 97.6 Å². The molecule has 0 spiro atoms. The number of nitrogens with zero attached hydrogens (tertiary/aromatic N) is 1. The molecule has 1 fully saturated rings. The molecule has 2 aliphatic rings. The van der Waals surface area contributed by atoms with Crippen LogP contribution < -0.4 is 24.4 Å². The molecule has 0 bridgehead atoms. The van der Waals surface area contributed by atoms with E-state index in [1.165, 1.54) is 22.4 Å². The number of benzene rings is 3. The molecule has 0 saturated carbocycles. The van der Waals surface area contributed by atoms with Crippen molar-refractivity contribution in [1.29, 1.82) is 0 Å². The monoisotopic (exact) mass is 500 g/mol. The molecule has 1 N–H and O–H groups in total. The van der Waals surface area contributed by atoms with E-state index in [9.17, 15) is 4.79 Å². The van der Waals surface area contributed by atoms with Gasteiger partial charge in [0.25, 0.3) is 5.91 Å². The van der Waals surface area contributed by atoms with E-state index in [-0.39, 0.29) is 5.91 Å². The first kappa shape index (κ1) is 23.9. The van der Waals surface area contributed by atoms with Crippen LogP contribution in [0.5, 0.6) is 17.2 Å². The molecule has 1 amide bonds. The fourth-order valence-electron chi connectivity index (χ4n) is 4.64. The summed E-state index contributed by atoms with van der Waals surface area (Å²) in [5.41, 5.74) is 5.51. The lowest BCUT2D eigenvalue weighted by atomic mass is 10.1. The van der Waals surface area contributed by atoms with Gasteiger partial charge in [-0.15, -0.1) is 0 Å². The number of amides is 1. The summed E-state index contributed by atoms with van der Waals surface area (Å²) >= 11 is 5.49. The molecule has 0 aromatic heterocycles. The summed E-state index contributed by atoms with van der Waals surface area (Å²) in [4.78, 5) is 14.8. The fourth-order valence-corrected chi connectivity index (χ4v) is 4.93. The highest BCUT2D eigenvalue weighted by Crippen LogP contribution is 2.32. The first-order valence-corrected chi connectivity index (χ1v) is 12.5. The number of para-hydroxylation sites is 2. The summed E-state index contributed by atoms with van der Waals surface area (Å²) in [6.07, 6.45) is 5.24. The van der Waals surface area contributed by atoms with Gasteiger partial charge < -0.3 is 19.5 Å². The largest absolute Gasteiger partial charge is 0.496 e. The van der Waals surface area contributed by atoms with Gasteiger partial charge in [-0.2, -0.15) is 0 Å². The number of thiocarbonyl (C=S) groups is 1. The van der Waals surface area contributed by atoms with E-state index >= 15 is 0 Å². The smallest absolute Gasteiger partial charge is 0.281 e. The van der Waals surface area contributed by atoms with Crippen molar-refractivity contribution < 1.29 is 19.0 Å². The second kappa shape index (κ2) is 10.4. The average Bonchev–Trinajstić information content (AvgIpc) is 3.46. The highest BCUT2D eigenvalue weighted by Gasteiger charge is 2.33. The Morgan fingerprint density at radius 2 is 1.83 bits per heavy atom. The highest BCUT2D eigenvalue weighted by atomic mass is 32.1. The molecule has 3 aromatic carbocycles. The molecule has 3 aromatic rings. The van der Waals surface area contributed by atoms with Gasteiger partial charge in [0.05, 0.1) is 19.4 Å². The number of nitrogens with one attached hydrogen (secondary N) is 1. The summed E-state index contributed by atoms with van der Waals surface area (Å²) < 4.78 is 17.4. The third kappa shape index (κ3) is 4.79. The number of anilines is 1. The van der Waals surface area contributed by atoms with E-state index in [4.69, 9.17) is 26.4 Å². The van der Waals surface area contributed by atoms with Crippen molar-refractivity contribution in [2.45, 2.75) is 32.8 Å². The second-order valence-corrected chi connectivity index (χ2v) is 9.06. The SMILES string of the molecule is CCOc1ccccc1N1C(=O)/C(=C\c2ccc(OC)c(COc3ccc4c(c3)CCC4)c2)NC1=S. The molecule has 1 saturated heterocycles. The molecule has 1 aliphatic heterocycles. The molecule has 7 heteroatoms. The van der Waals surface area contributed by atoms with Gasteiger partial charge in [-0.3, -0.25) is 4.79 Å². The Bertz CT molecular complexity index is 1350. The van der Waals surface area contributed by atoms with Crippen LogP contribution in [0.4, 0.5) is 5.69 Å². The van der Waals surface area contributed by atoms with Gasteiger partial charge in [0.2, 0.25) is 0 Å². The first-order valence-electron chi connectivity index (χ1n) is 12.1. The lowest BCUT2D eigenvalue weighted by molar-refractivity contribution is -0.113. The van der Waals surface area contributed by atoms with Crippen LogP contribution in [0.15, 0.2) is 66.4 Å².